The van der Waals surface area contributed by atoms with E-state index >= 15 is 0 Å². The molecule has 132 valence electrons. The van der Waals surface area contributed by atoms with E-state index in [1.807, 2.05) is 23.1 Å². The zero-order valence-electron chi connectivity index (χ0n) is 14.2. The van der Waals surface area contributed by atoms with E-state index in [9.17, 15) is 0 Å². The van der Waals surface area contributed by atoms with Crippen LogP contribution in [0.15, 0.2) is 23.5 Å². The van der Waals surface area contributed by atoms with Gasteiger partial charge in [0.25, 0.3) is 0 Å². The van der Waals surface area contributed by atoms with Crippen molar-refractivity contribution in [3.63, 3.8) is 0 Å². The molecule has 0 radical (unpaired) electrons. The van der Waals surface area contributed by atoms with Crippen molar-refractivity contribution < 1.29 is 4.74 Å². The van der Waals surface area contributed by atoms with Crippen molar-refractivity contribution in [1.82, 2.24) is 20.4 Å². The van der Waals surface area contributed by atoms with Crippen LogP contribution in [0.3, 0.4) is 0 Å². The van der Waals surface area contributed by atoms with Crippen LogP contribution in [0.25, 0.3) is 0 Å². The van der Waals surface area contributed by atoms with Crippen molar-refractivity contribution in [1.29, 1.82) is 0 Å². The van der Waals surface area contributed by atoms with Gasteiger partial charge in [0.1, 0.15) is 0 Å². The lowest BCUT2D eigenvalue weighted by atomic mass is 10.2. The molecule has 1 aliphatic carbocycles. The summed E-state index contributed by atoms with van der Waals surface area (Å²) in [6.45, 7) is 6.64. The van der Waals surface area contributed by atoms with Gasteiger partial charge in [-0.2, -0.15) is 5.10 Å². The topological polar surface area (TPSA) is 63.5 Å². The lowest BCUT2D eigenvalue weighted by Gasteiger charge is -2.16. The molecule has 1 saturated carbocycles. The predicted molar refractivity (Wildman–Crippen MR) is 104 cm³/mol. The highest BCUT2D eigenvalue weighted by Gasteiger charge is 2.20. The van der Waals surface area contributed by atoms with Crippen molar-refractivity contribution in [2.45, 2.75) is 32.7 Å². The average molecular weight is 435 g/mol. The Balaban J connectivity index is 0.00000264. The molecule has 1 aromatic rings. The molecular formula is C16H30IN5O. The van der Waals surface area contributed by atoms with E-state index < -0.39 is 0 Å². The molecule has 1 unspecified atom stereocenters. The van der Waals surface area contributed by atoms with E-state index in [0.717, 1.165) is 51.1 Å². The molecule has 0 saturated heterocycles. The first-order chi connectivity index (χ1) is 10.8. The van der Waals surface area contributed by atoms with Crippen molar-refractivity contribution in [2.24, 2.45) is 16.8 Å². The number of halogens is 1. The van der Waals surface area contributed by atoms with Crippen LogP contribution in [-0.4, -0.2) is 49.1 Å². The van der Waals surface area contributed by atoms with E-state index in [1.54, 1.807) is 7.05 Å². The second-order valence-corrected chi connectivity index (χ2v) is 6.09. The maximum absolute atomic E-state index is 5.62. The smallest absolute Gasteiger partial charge is 0.190 e. The number of nitrogens with zero attached hydrogens (tertiary/aromatic N) is 3. The molecule has 0 amide bonds. The number of guanidine groups is 1. The maximum atomic E-state index is 5.62. The number of hydrogen-bond acceptors (Lipinski definition) is 3. The first-order valence-corrected chi connectivity index (χ1v) is 8.27. The highest BCUT2D eigenvalue weighted by Crippen LogP contribution is 2.28. The van der Waals surface area contributed by atoms with Crippen LogP contribution < -0.4 is 10.6 Å². The SMILES string of the molecule is CN=C(NCCCOCC1CC1)NCC(C)Cn1cccn1.I. The quantitative estimate of drug-likeness (QED) is 0.256. The zero-order chi connectivity index (χ0) is 15.6. The van der Waals surface area contributed by atoms with Gasteiger partial charge in [-0.1, -0.05) is 6.92 Å². The van der Waals surface area contributed by atoms with Crippen LogP contribution in [-0.2, 0) is 11.3 Å². The summed E-state index contributed by atoms with van der Waals surface area (Å²) in [5.41, 5.74) is 0. The monoisotopic (exact) mass is 435 g/mol. The number of aromatic nitrogens is 2. The van der Waals surface area contributed by atoms with Gasteiger partial charge in [0.2, 0.25) is 0 Å². The molecule has 1 fully saturated rings. The molecule has 6 nitrogen and oxygen atoms in total. The minimum atomic E-state index is 0. The van der Waals surface area contributed by atoms with E-state index in [1.165, 1.54) is 12.8 Å². The van der Waals surface area contributed by atoms with Crippen LogP contribution in [0, 0.1) is 11.8 Å². The van der Waals surface area contributed by atoms with Gasteiger partial charge in [0.15, 0.2) is 5.96 Å². The van der Waals surface area contributed by atoms with Crippen LogP contribution >= 0.6 is 24.0 Å². The van der Waals surface area contributed by atoms with Gasteiger partial charge in [-0.15, -0.1) is 24.0 Å². The fourth-order valence-corrected chi connectivity index (χ4v) is 2.20. The molecule has 1 atom stereocenters. The fourth-order valence-electron chi connectivity index (χ4n) is 2.20. The Bertz CT molecular complexity index is 434. The lowest BCUT2D eigenvalue weighted by molar-refractivity contribution is 0.123. The van der Waals surface area contributed by atoms with E-state index in [2.05, 4.69) is 27.6 Å². The number of nitrogens with one attached hydrogen (secondary N) is 2. The summed E-state index contributed by atoms with van der Waals surface area (Å²) in [6, 6.07) is 1.95. The molecule has 2 N–H and O–H groups in total. The van der Waals surface area contributed by atoms with Crippen LogP contribution in [0.1, 0.15) is 26.2 Å². The second-order valence-electron chi connectivity index (χ2n) is 6.09. The summed E-state index contributed by atoms with van der Waals surface area (Å²) in [5, 5.41) is 10.9. The first kappa shape index (κ1) is 20.2. The van der Waals surface area contributed by atoms with Gasteiger partial charge in [-0.3, -0.25) is 9.67 Å². The van der Waals surface area contributed by atoms with Crippen LogP contribution in [0.2, 0.25) is 0 Å². The number of hydrogen-bond donors (Lipinski definition) is 2. The Kier molecular flexibility index (Phi) is 10.3. The Morgan fingerprint density at radius 3 is 2.91 bits per heavy atom. The summed E-state index contributed by atoms with van der Waals surface area (Å²) >= 11 is 0. The third-order valence-electron chi connectivity index (χ3n) is 3.71. The Hall–Kier alpha value is -0.830. The van der Waals surface area contributed by atoms with Gasteiger partial charge in [0, 0.05) is 52.3 Å². The van der Waals surface area contributed by atoms with E-state index in [0.29, 0.717) is 5.92 Å². The first-order valence-electron chi connectivity index (χ1n) is 8.27. The van der Waals surface area contributed by atoms with Gasteiger partial charge in [0.05, 0.1) is 0 Å². The van der Waals surface area contributed by atoms with E-state index in [4.69, 9.17) is 4.74 Å². The summed E-state index contributed by atoms with van der Waals surface area (Å²) < 4.78 is 7.58. The third-order valence-corrected chi connectivity index (χ3v) is 3.71. The normalized spacial score (nSPS) is 15.8. The molecule has 0 aromatic carbocycles. The van der Waals surface area contributed by atoms with E-state index in [-0.39, 0.29) is 24.0 Å². The van der Waals surface area contributed by atoms with Crippen molar-refractivity contribution in [3.8, 4) is 0 Å². The zero-order valence-corrected chi connectivity index (χ0v) is 16.5. The highest BCUT2D eigenvalue weighted by molar-refractivity contribution is 14.0. The van der Waals surface area contributed by atoms with Gasteiger partial charge in [-0.05, 0) is 37.2 Å². The Labute approximate surface area is 156 Å². The van der Waals surface area contributed by atoms with Crippen LogP contribution in [0.4, 0.5) is 0 Å². The largest absolute Gasteiger partial charge is 0.381 e. The molecule has 1 aromatic heterocycles. The summed E-state index contributed by atoms with van der Waals surface area (Å²) in [7, 11) is 1.80. The number of aliphatic imine (C=N–C) groups is 1. The highest BCUT2D eigenvalue weighted by atomic mass is 127. The van der Waals surface area contributed by atoms with Gasteiger partial charge in [-0.25, -0.2) is 0 Å². The van der Waals surface area contributed by atoms with Gasteiger partial charge >= 0.3 is 0 Å². The summed E-state index contributed by atoms with van der Waals surface area (Å²) in [6.07, 6.45) is 7.52. The van der Waals surface area contributed by atoms with Crippen molar-refractivity contribution >= 4 is 29.9 Å². The molecule has 0 aliphatic heterocycles. The van der Waals surface area contributed by atoms with Crippen LogP contribution in [0.5, 0.6) is 0 Å². The standard InChI is InChI=1S/C16H29N5O.HI/c1-14(12-21-9-3-8-20-21)11-19-16(17-2)18-7-4-10-22-13-15-5-6-15;/h3,8-9,14-15H,4-7,10-13H2,1-2H3,(H2,17,18,19);1H. The summed E-state index contributed by atoms with van der Waals surface area (Å²) in [4.78, 5) is 4.24. The predicted octanol–water partition coefficient (Wildman–Crippen LogP) is 2.12. The Morgan fingerprint density at radius 2 is 2.26 bits per heavy atom. The van der Waals surface area contributed by atoms with Crippen molar-refractivity contribution in [2.75, 3.05) is 33.4 Å². The maximum Gasteiger partial charge on any atom is 0.190 e. The molecule has 0 spiro atoms. The number of ether oxygens (including phenoxy) is 1. The van der Waals surface area contributed by atoms with Crippen molar-refractivity contribution in [3.05, 3.63) is 18.5 Å². The minimum Gasteiger partial charge on any atom is -0.381 e. The molecule has 1 aliphatic rings. The number of rotatable bonds is 10. The molecule has 1 heterocycles. The Morgan fingerprint density at radius 1 is 1.43 bits per heavy atom. The molecule has 7 heteroatoms. The molecule has 0 bridgehead atoms. The third kappa shape index (κ3) is 9.14. The second kappa shape index (κ2) is 11.7. The molecule has 2 rings (SSSR count). The average Bonchev–Trinajstić information content (AvgIpc) is 3.21. The fraction of sp³-hybridized carbons (Fsp3) is 0.750. The van der Waals surface area contributed by atoms with Gasteiger partial charge < -0.3 is 15.4 Å². The summed E-state index contributed by atoms with van der Waals surface area (Å²) in [5.74, 6) is 2.19. The lowest BCUT2D eigenvalue weighted by Crippen LogP contribution is -2.40. The molecule has 23 heavy (non-hydrogen) atoms. The molecular weight excluding hydrogens is 405 g/mol. The minimum absolute atomic E-state index is 0.